The monoisotopic (exact) mass is 161 g/mol. The number of hydroxylamine groups is 2. The van der Waals surface area contributed by atoms with E-state index in [2.05, 4.69) is 0 Å². The molecule has 0 saturated carbocycles. The number of fused-ring (bicyclic) bond motifs is 1. The number of hydrogen-bond acceptors (Lipinski definition) is 1. The summed E-state index contributed by atoms with van der Waals surface area (Å²) in [5, 5.41) is 13.6. The molecule has 0 saturated heterocycles. The number of hydrogen-bond donors (Lipinski definition) is 1. The predicted molar refractivity (Wildman–Crippen MR) is 48.3 cm³/mol. The first-order valence-electron chi connectivity index (χ1n) is 4.03. The average Bonchev–Trinajstić information content (AvgIpc) is 2.29. The van der Waals surface area contributed by atoms with Crippen LogP contribution in [0.4, 0.5) is 0 Å². The van der Waals surface area contributed by atoms with Gasteiger partial charge in [-0.3, -0.25) is 0 Å². The molecule has 0 bridgehead atoms. The van der Waals surface area contributed by atoms with Crippen molar-refractivity contribution in [3.05, 3.63) is 39.4 Å². The van der Waals surface area contributed by atoms with Crippen LogP contribution in [0.2, 0.25) is 0 Å². The van der Waals surface area contributed by atoms with E-state index in [0.717, 1.165) is 16.1 Å². The van der Waals surface area contributed by atoms with Crippen LogP contribution in [0.25, 0.3) is 11.9 Å². The van der Waals surface area contributed by atoms with E-state index < -0.39 is 0 Å². The van der Waals surface area contributed by atoms with E-state index in [4.69, 9.17) is 0 Å². The van der Waals surface area contributed by atoms with Gasteiger partial charge in [-0.15, -0.1) is 0 Å². The molecule has 0 aliphatic carbocycles. The van der Waals surface area contributed by atoms with Crippen LogP contribution in [0.15, 0.2) is 18.2 Å². The Morgan fingerprint density at radius 3 is 2.67 bits per heavy atom. The van der Waals surface area contributed by atoms with Crippen molar-refractivity contribution in [1.29, 1.82) is 0 Å². The maximum absolute atomic E-state index is 11.3. The number of aryl methyl sites for hydroxylation is 1. The van der Waals surface area contributed by atoms with Gasteiger partial charge < -0.3 is 10.3 Å². The predicted octanol–water partition coefficient (Wildman–Crippen LogP) is -0.743. The lowest BCUT2D eigenvalue weighted by atomic mass is 10.1. The Morgan fingerprint density at radius 2 is 2.00 bits per heavy atom. The van der Waals surface area contributed by atoms with Crippen molar-refractivity contribution >= 4 is 11.9 Å². The van der Waals surface area contributed by atoms with Gasteiger partial charge in [0.05, 0.1) is 0 Å². The van der Waals surface area contributed by atoms with Crippen LogP contribution in [-0.4, -0.2) is 0 Å². The Labute approximate surface area is 71.0 Å². The van der Waals surface area contributed by atoms with Crippen molar-refractivity contribution < 1.29 is 5.06 Å². The SMILES string of the molecule is CC1=c2c(C)cccc2=C[NH+]1[O-]. The summed E-state index contributed by atoms with van der Waals surface area (Å²) in [6.07, 6.45) is 1.71. The molecule has 0 amide bonds. The van der Waals surface area contributed by atoms with Crippen LogP contribution in [0.1, 0.15) is 12.5 Å². The molecular weight excluding hydrogens is 150 g/mol. The molecule has 1 atom stereocenters. The highest BCUT2D eigenvalue weighted by molar-refractivity contribution is 5.45. The molecular formula is C10H11NO. The molecule has 2 rings (SSSR count). The molecule has 1 heterocycles. The van der Waals surface area contributed by atoms with Crippen LogP contribution >= 0.6 is 0 Å². The number of rotatable bonds is 0. The standard InChI is InChI=1S/C10H11NO/c1-7-4-3-5-9-6-11(12)8(2)10(7)9/h3-6,11H,1-2H3. The normalized spacial score (nSPS) is 20.6. The molecule has 2 nitrogen and oxygen atoms in total. The molecule has 1 aromatic carbocycles. The molecule has 2 heteroatoms. The Bertz CT molecular complexity index is 434. The molecule has 0 radical (unpaired) electrons. The Hall–Kier alpha value is -1.12. The van der Waals surface area contributed by atoms with Gasteiger partial charge in [0, 0.05) is 17.4 Å². The fourth-order valence-corrected chi connectivity index (χ4v) is 1.70. The maximum Gasteiger partial charge on any atom is 0.117 e. The third-order valence-electron chi connectivity index (χ3n) is 2.34. The third-order valence-corrected chi connectivity index (χ3v) is 2.34. The van der Waals surface area contributed by atoms with E-state index in [-0.39, 0.29) is 5.06 Å². The van der Waals surface area contributed by atoms with E-state index in [1.54, 1.807) is 6.20 Å². The molecule has 1 aliphatic heterocycles. The van der Waals surface area contributed by atoms with Crippen LogP contribution in [-0.2, 0) is 0 Å². The first-order chi connectivity index (χ1) is 5.70. The highest BCUT2D eigenvalue weighted by atomic mass is 16.5. The third kappa shape index (κ3) is 0.891. The van der Waals surface area contributed by atoms with E-state index in [1.165, 1.54) is 5.56 Å². The van der Waals surface area contributed by atoms with Gasteiger partial charge in [0.25, 0.3) is 0 Å². The second-order valence-electron chi connectivity index (χ2n) is 3.17. The van der Waals surface area contributed by atoms with Crippen molar-refractivity contribution in [2.24, 2.45) is 0 Å². The molecule has 12 heavy (non-hydrogen) atoms. The van der Waals surface area contributed by atoms with Crippen molar-refractivity contribution in [2.75, 3.05) is 0 Å². The average molecular weight is 161 g/mol. The molecule has 0 spiro atoms. The summed E-state index contributed by atoms with van der Waals surface area (Å²) in [6.45, 7) is 3.92. The van der Waals surface area contributed by atoms with Crippen molar-refractivity contribution in [3.63, 3.8) is 0 Å². The smallest absolute Gasteiger partial charge is 0.117 e. The molecule has 62 valence electrons. The van der Waals surface area contributed by atoms with Crippen LogP contribution in [0.3, 0.4) is 0 Å². The van der Waals surface area contributed by atoms with Crippen molar-refractivity contribution in [3.8, 4) is 0 Å². The van der Waals surface area contributed by atoms with Crippen molar-refractivity contribution in [1.82, 2.24) is 0 Å². The van der Waals surface area contributed by atoms with Gasteiger partial charge in [0.2, 0.25) is 0 Å². The quantitative estimate of drug-likeness (QED) is 0.498. The lowest BCUT2D eigenvalue weighted by Crippen LogP contribution is -2.97. The fourth-order valence-electron chi connectivity index (χ4n) is 1.70. The van der Waals surface area contributed by atoms with Crippen LogP contribution in [0.5, 0.6) is 0 Å². The van der Waals surface area contributed by atoms with E-state index in [9.17, 15) is 5.21 Å². The van der Waals surface area contributed by atoms with Gasteiger partial charge in [-0.05, 0) is 18.6 Å². The van der Waals surface area contributed by atoms with E-state index >= 15 is 0 Å². The van der Waals surface area contributed by atoms with Gasteiger partial charge in [-0.1, -0.05) is 12.1 Å². The fraction of sp³-hybridized carbons (Fsp3) is 0.200. The first-order valence-corrected chi connectivity index (χ1v) is 4.03. The summed E-state index contributed by atoms with van der Waals surface area (Å²) in [6, 6.07) is 6.00. The van der Waals surface area contributed by atoms with Gasteiger partial charge in [0.15, 0.2) is 0 Å². The second-order valence-corrected chi connectivity index (χ2v) is 3.17. The highest BCUT2D eigenvalue weighted by Gasteiger charge is 2.09. The lowest BCUT2D eigenvalue weighted by molar-refractivity contribution is -0.672. The Morgan fingerprint density at radius 1 is 1.25 bits per heavy atom. The maximum atomic E-state index is 11.3. The molecule has 0 aromatic heterocycles. The zero-order valence-corrected chi connectivity index (χ0v) is 7.22. The van der Waals surface area contributed by atoms with Crippen molar-refractivity contribution in [2.45, 2.75) is 13.8 Å². The zero-order chi connectivity index (χ0) is 8.72. The van der Waals surface area contributed by atoms with E-state index in [1.807, 2.05) is 32.0 Å². The lowest BCUT2D eigenvalue weighted by Gasteiger charge is -2.12. The van der Waals surface area contributed by atoms with E-state index in [0.29, 0.717) is 0 Å². The summed E-state index contributed by atoms with van der Waals surface area (Å²) in [7, 11) is 0. The topological polar surface area (TPSA) is 27.5 Å². The molecule has 1 unspecified atom stereocenters. The first kappa shape index (κ1) is 7.53. The molecule has 0 fully saturated rings. The molecule has 1 aromatic rings. The summed E-state index contributed by atoms with van der Waals surface area (Å²) < 4.78 is 0. The number of nitrogens with one attached hydrogen (secondary N) is 1. The van der Waals surface area contributed by atoms with Gasteiger partial charge in [-0.2, -0.15) is 0 Å². The summed E-state index contributed by atoms with van der Waals surface area (Å²) in [5.74, 6) is 0. The Kier molecular flexibility index (Phi) is 1.53. The second kappa shape index (κ2) is 2.44. The highest BCUT2D eigenvalue weighted by Crippen LogP contribution is 1.88. The number of quaternary nitrogens is 1. The molecule has 1 aliphatic rings. The van der Waals surface area contributed by atoms with Crippen LogP contribution < -0.4 is 15.5 Å². The minimum absolute atomic E-state index is 0.152. The zero-order valence-electron chi connectivity index (χ0n) is 7.22. The van der Waals surface area contributed by atoms with Gasteiger partial charge in [-0.25, -0.2) is 0 Å². The summed E-state index contributed by atoms with van der Waals surface area (Å²) >= 11 is 0. The number of benzene rings is 1. The van der Waals surface area contributed by atoms with Gasteiger partial charge in [0.1, 0.15) is 11.9 Å². The molecule has 1 N–H and O–H groups in total. The minimum atomic E-state index is 0.152. The largest absolute Gasteiger partial charge is 0.624 e. The van der Waals surface area contributed by atoms with Gasteiger partial charge >= 0.3 is 0 Å². The summed E-state index contributed by atoms with van der Waals surface area (Å²) in [5.41, 5.74) is 2.07. The minimum Gasteiger partial charge on any atom is -0.624 e. The summed E-state index contributed by atoms with van der Waals surface area (Å²) in [4.78, 5) is 0. The van der Waals surface area contributed by atoms with Crippen LogP contribution in [0, 0.1) is 12.1 Å². The Balaban J connectivity index is 2.94.